The molecule has 0 bridgehead atoms. The summed E-state index contributed by atoms with van der Waals surface area (Å²) < 4.78 is 5.95. The highest BCUT2D eigenvalue weighted by molar-refractivity contribution is 5.94. The van der Waals surface area contributed by atoms with Crippen molar-refractivity contribution < 1.29 is 9.53 Å². The van der Waals surface area contributed by atoms with E-state index < -0.39 is 0 Å². The molecule has 2 aromatic rings. The first-order valence-corrected chi connectivity index (χ1v) is 10.3. The van der Waals surface area contributed by atoms with E-state index in [0.717, 1.165) is 56.8 Å². The largest absolute Gasteiger partial charge is 0.493 e. The van der Waals surface area contributed by atoms with Gasteiger partial charge in [-0.2, -0.15) is 0 Å². The predicted octanol–water partition coefficient (Wildman–Crippen LogP) is 3.49. The van der Waals surface area contributed by atoms with Gasteiger partial charge in [0.1, 0.15) is 5.75 Å². The molecule has 0 radical (unpaired) electrons. The van der Waals surface area contributed by atoms with Crippen molar-refractivity contribution in [1.82, 2.24) is 14.8 Å². The highest BCUT2D eigenvalue weighted by atomic mass is 16.5. The molecule has 0 N–H and O–H groups in total. The third kappa shape index (κ3) is 3.63. The maximum absolute atomic E-state index is 12.7. The first-order chi connectivity index (χ1) is 13.6. The van der Waals surface area contributed by atoms with Gasteiger partial charge in [-0.3, -0.25) is 14.7 Å². The van der Waals surface area contributed by atoms with Crippen LogP contribution < -0.4 is 4.74 Å². The maximum atomic E-state index is 12.7. The molecule has 0 saturated carbocycles. The minimum absolute atomic E-state index is 0.0844. The molecule has 0 atom stereocenters. The summed E-state index contributed by atoms with van der Waals surface area (Å²) in [4.78, 5) is 21.1. The van der Waals surface area contributed by atoms with E-state index in [2.05, 4.69) is 28.1 Å². The van der Waals surface area contributed by atoms with Gasteiger partial charge in [0.25, 0.3) is 5.91 Å². The van der Waals surface area contributed by atoms with Gasteiger partial charge in [0.15, 0.2) is 0 Å². The van der Waals surface area contributed by atoms with Crippen molar-refractivity contribution in [3.05, 3.63) is 59.4 Å². The molecule has 4 rings (SSSR count). The first kappa shape index (κ1) is 18.9. The molecule has 1 saturated heterocycles. The molecule has 1 fully saturated rings. The van der Waals surface area contributed by atoms with Gasteiger partial charge in [0.2, 0.25) is 0 Å². The van der Waals surface area contributed by atoms with Crippen molar-refractivity contribution in [2.75, 3.05) is 33.3 Å². The molecule has 2 aliphatic rings. The second-order valence-corrected chi connectivity index (χ2v) is 8.04. The number of amides is 1. The Labute approximate surface area is 167 Å². The lowest BCUT2D eigenvalue weighted by Crippen LogP contribution is -2.45. The number of likely N-dealkylation sites (tertiary alicyclic amines) is 1. The number of fused-ring (bicyclic) bond motifs is 2. The highest BCUT2D eigenvalue weighted by Crippen LogP contribution is 2.46. The summed E-state index contributed by atoms with van der Waals surface area (Å²) in [5, 5.41) is 0. The molecule has 1 amide bonds. The summed E-state index contributed by atoms with van der Waals surface area (Å²) in [6.45, 7) is 6.58. The minimum atomic E-state index is 0.0844. The Bertz CT molecular complexity index is 829. The van der Waals surface area contributed by atoms with E-state index in [4.69, 9.17) is 4.74 Å². The average molecular weight is 380 g/mol. The zero-order chi connectivity index (χ0) is 19.6. The fourth-order valence-electron chi connectivity index (χ4n) is 4.46. The van der Waals surface area contributed by atoms with E-state index in [1.165, 1.54) is 11.1 Å². The molecule has 1 aromatic carbocycles. The van der Waals surface area contributed by atoms with E-state index in [0.29, 0.717) is 6.54 Å². The fourth-order valence-corrected chi connectivity index (χ4v) is 4.46. The van der Waals surface area contributed by atoms with Crippen molar-refractivity contribution in [2.45, 2.75) is 38.1 Å². The lowest BCUT2D eigenvalue weighted by molar-refractivity contribution is 0.0801. The normalized spacial score (nSPS) is 18.4. The molecule has 2 aliphatic heterocycles. The maximum Gasteiger partial charge on any atom is 0.253 e. The number of nitrogens with zero attached hydrogens (tertiary/aromatic N) is 3. The van der Waals surface area contributed by atoms with E-state index in [1.807, 2.05) is 38.5 Å². The predicted molar refractivity (Wildman–Crippen MR) is 110 cm³/mol. The number of benzene rings is 1. The van der Waals surface area contributed by atoms with Gasteiger partial charge in [-0.05, 0) is 75.2 Å². The molecular weight excluding hydrogens is 350 g/mol. The van der Waals surface area contributed by atoms with E-state index in [1.54, 1.807) is 4.90 Å². The Morgan fingerprint density at radius 1 is 1.18 bits per heavy atom. The van der Waals surface area contributed by atoms with Crippen molar-refractivity contribution >= 4 is 5.91 Å². The van der Waals surface area contributed by atoms with Gasteiger partial charge >= 0.3 is 0 Å². The quantitative estimate of drug-likeness (QED) is 0.816. The minimum Gasteiger partial charge on any atom is -0.493 e. The number of aromatic nitrogens is 1. The Hall–Kier alpha value is -2.40. The van der Waals surface area contributed by atoms with Gasteiger partial charge in [0, 0.05) is 49.1 Å². The second kappa shape index (κ2) is 7.92. The number of carbonyl (C=O) groups is 1. The Morgan fingerprint density at radius 3 is 2.64 bits per heavy atom. The van der Waals surface area contributed by atoms with Gasteiger partial charge in [-0.15, -0.1) is 0 Å². The lowest BCUT2D eigenvalue weighted by Gasteiger charge is -2.45. The van der Waals surface area contributed by atoms with Crippen LogP contribution in [-0.4, -0.2) is 54.0 Å². The number of ether oxygens (including phenoxy) is 1. The van der Waals surface area contributed by atoms with Crippen LogP contribution in [0.5, 0.6) is 5.75 Å². The van der Waals surface area contributed by atoms with Crippen LogP contribution in [0.15, 0.2) is 42.7 Å². The summed E-state index contributed by atoms with van der Waals surface area (Å²) in [5.41, 5.74) is 3.45. The lowest BCUT2D eigenvalue weighted by atomic mass is 9.69. The molecule has 0 unspecified atom stereocenters. The number of hydrogen-bond donors (Lipinski definition) is 0. The first-order valence-electron chi connectivity index (χ1n) is 10.3. The molecule has 5 heteroatoms. The summed E-state index contributed by atoms with van der Waals surface area (Å²) in [5.74, 6) is 1.05. The number of rotatable bonds is 4. The van der Waals surface area contributed by atoms with E-state index in [9.17, 15) is 4.79 Å². The van der Waals surface area contributed by atoms with Crippen LogP contribution >= 0.6 is 0 Å². The summed E-state index contributed by atoms with van der Waals surface area (Å²) >= 11 is 0. The number of carbonyl (C=O) groups excluding carboxylic acids is 1. The van der Waals surface area contributed by atoms with Crippen LogP contribution in [0.25, 0.3) is 0 Å². The standard InChI is InChI=1S/C23H29N3O2/c1-3-25(2)22(27)19-4-5-21-20(16-19)23(10-15-28-21)8-13-26(14-9-23)17-18-6-11-24-12-7-18/h4-7,11-12,16H,3,8-10,13-15,17H2,1-2H3. The van der Waals surface area contributed by atoms with Crippen LogP contribution in [-0.2, 0) is 12.0 Å². The highest BCUT2D eigenvalue weighted by Gasteiger charge is 2.40. The zero-order valence-electron chi connectivity index (χ0n) is 16.9. The molecule has 5 nitrogen and oxygen atoms in total. The molecule has 148 valence electrons. The van der Waals surface area contributed by atoms with Crippen LogP contribution in [0.1, 0.15) is 47.7 Å². The third-order valence-corrected chi connectivity index (χ3v) is 6.43. The van der Waals surface area contributed by atoms with Crippen LogP contribution in [0.3, 0.4) is 0 Å². The van der Waals surface area contributed by atoms with Crippen molar-refractivity contribution in [2.24, 2.45) is 0 Å². The second-order valence-electron chi connectivity index (χ2n) is 8.04. The van der Waals surface area contributed by atoms with E-state index >= 15 is 0 Å². The summed E-state index contributed by atoms with van der Waals surface area (Å²) in [6.07, 6.45) is 6.97. The van der Waals surface area contributed by atoms with Gasteiger partial charge in [-0.1, -0.05) is 0 Å². The number of piperidine rings is 1. The fraction of sp³-hybridized carbons (Fsp3) is 0.478. The van der Waals surface area contributed by atoms with Crippen molar-refractivity contribution in [3.8, 4) is 5.75 Å². The average Bonchev–Trinajstić information content (AvgIpc) is 2.75. The molecule has 0 aliphatic carbocycles. The third-order valence-electron chi connectivity index (χ3n) is 6.43. The Kier molecular flexibility index (Phi) is 5.36. The molecular formula is C23H29N3O2. The van der Waals surface area contributed by atoms with Crippen LogP contribution in [0.4, 0.5) is 0 Å². The van der Waals surface area contributed by atoms with Crippen LogP contribution in [0, 0.1) is 0 Å². The van der Waals surface area contributed by atoms with Gasteiger partial charge < -0.3 is 9.64 Å². The molecule has 3 heterocycles. The molecule has 28 heavy (non-hydrogen) atoms. The van der Waals surface area contributed by atoms with Crippen LogP contribution in [0.2, 0.25) is 0 Å². The Morgan fingerprint density at radius 2 is 1.93 bits per heavy atom. The Balaban J connectivity index is 1.53. The van der Waals surface area contributed by atoms with Crippen molar-refractivity contribution in [1.29, 1.82) is 0 Å². The summed E-state index contributed by atoms with van der Waals surface area (Å²) in [6, 6.07) is 10.2. The molecule has 1 spiro atoms. The number of pyridine rings is 1. The van der Waals surface area contributed by atoms with Gasteiger partial charge in [0.05, 0.1) is 6.61 Å². The SMILES string of the molecule is CCN(C)C(=O)c1ccc2c(c1)C1(CCO2)CCN(Cc2ccncc2)CC1. The van der Waals surface area contributed by atoms with Crippen molar-refractivity contribution in [3.63, 3.8) is 0 Å². The zero-order valence-corrected chi connectivity index (χ0v) is 16.9. The van der Waals surface area contributed by atoms with Gasteiger partial charge in [-0.25, -0.2) is 0 Å². The smallest absolute Gasteiger partial charge is 0.253 e. The molecule has 1 aromatic heterocycles. The monoisotopic (exact) mass is 379 g/mol. The number of hydrogen-bond acceptors (Lipinski definition) is 4. The topological polar surface area (TPSA) is 45.7 Å². The van der Waals surface area contributed by atoms with E-state index in [-0.39, 0.29) is 11.3 Å². The summed E-state index contributed by atoms with van der Waals surface area (Å²) in [7, 11) is 1.85.